The van der Waals surface area contributed by atoms with Crippen molar-refractivity contribution in [1.82, 2.24) is 0 Å². The van der Waals surface area contributed by atoms with Crippen LogP contribution in [0.2, 0.25) is 0 Å². The fourth-order valence-electron chi connectivity index (χ4n) is 2.45. The average molecular weight is 370 g/mol. The third kappa shape index (κ3) is 2.94. The topological polar surface area (TPSA) is 138 Å². The summed E-state index contributed by atoms with van der Waals surface area (Å²) in [7, 11) is 3.04. The van der Waals surface area contributed by atoms with Crippen LogP contribution in [0.3, 0.4) is 0 Å². The number of rotatable bonds is 4. The van der Waals surface area contributed by atoms with E-state index < -0.39 is 5.91 Å². The maximum atomic E-state index is 12.7. The quantitative estimate of drug-likeness (QED) is 0.642. The highest BCUT2D eigenvalue weighted by atomic mass is 32.1. The number of methoxy groups -OCH3 is 2. The Kier molecular flexibility index (Phi) is 4.51. The van der Waals surface area contributed by atoms with Crippen LogP contribution in [0.15, 0.2) is 24.3 Å². The third-order valence-electron chi connectivity index (χ3n) is 3.79. The van der Waals surface area contributed by atoms with Crippen molar-refractivity contribution in [3.8, 4) is 17.6 Å². The number of thiophene rings is 1. The van der Waals surface area contributed by atoms with E-state index in [9.17, 15) is 4.79 Å². The predicted molar refractivity (Wildman–Crippen MR) is 99.4 cm³/mol. The lowest BCUT2D eigenvalue weighted by Crippen LogP contribution is -2.12. The van der Waals surface area contributed by atoms with Crippen LogP contribution in [0, 0.1) is 11.3 Å². The summed E-state index contributed by atoms with van der Waals surface area (Å²) in [6.07, 6.45) is 0. The Morgan fingerprint density at radius 2 is 2.04 bits per heavy atom. The first-order valence-corrected chi connectivity index (χ1v) is 8.27. The van der Waals surface area contributed by atoms with Gasteiger partial charge in [-0.15, -0.1) is 0 Å². The van der Waals surface area contributed by atoms with Crippen LogP contribution in [0.5, 0.6) is 11.5 Å². The van der Waals surface area contributed by atoms with Gasteiger partial charge in [-0.25, -0.2) is 4.98 Å². The summed E-state index contributed by atoms with van der Waals surface area (Å²) >= 11 is 1.16. The first-order valence-electron chi connectivity index (χ1n) is 7.45. The second-order valence-electron chi connectivity index (χ2n) is 5.32. The van der Waals surface area contributed by atoms with Crippen LogP contribution < -0.4 is 31.2 Å². The molecule has 0 saturated carbocycles. The molecule has 1 aromatic carbocycles. The van der Waals surface area contributed by atoms with Crippen LogP contribution >= 0.6 is 11.3 Å². The largest absolute Gasteiger partial charge is 0.497 e. The summed E-state index contributed by atoms with van der Waals surface area (Å²) in [5.74, 6) is 0.901. The van der Waals surface area contributed by atoms with Gasteiger partial charge in [0.05, 0.1) is 31.0 Å². The van der Waals surface area contributed by atoms with Gasteiger partial charge in [-0.3, -0.25) is 10.5 Å². The van der Waals surface area contributed by atoms with Gasteiger partial charge in [0.15, 0.2) is 4.83 Å². The van der Waals surface area contributed by atoms with E-state index in [-0.39, 0.29) is 17.1 Å². The molecule has 0 aliphatic rings. The molecule has 0 atom stereocenters. The number of pyridine rings is 1. The fraction of sp³-hybridized carbons (Fsp3) is 0.118. The molecule has 3 aromatic rings. The Bertz CT molecular complexity index is 1050. The number of carbonyl (C=O) groups is 1. The Morgan fingerprint density at radius 1 is 1.27 bits per heavy atom. The van der Waals surface area contributed by atoms with E-state index in [1.807, 2.05) is 6.07 Å². The lowest BCUT2D eigenvalue weighted by molar-refractivity contribution is -0.323. The van der Waals surface area contributed by atoms with Gasteiger partial charge in [0.25, 0.3) is 11.7 Å². The first kappa shape index (κ1) is 17.3. The molecule has 0 radical (unpaired) electrons. The number of nitrogens with zero attached hydrogens (tertiary/aromatic N) is 1. The maximum Gasteiger partial charge on any atom is 0.289 e. The fourth-order valence-corrected chi connectivity index (χ4v) is 3.45. The zero-order valence-electron chi connectivity index (χ0n) is 14.0. The van der Waals surface area contributed by atoms with Crippen molar-refractivity contribution in [1.29, 1.82) is 5.26 Å². The number of amides is 1. The molecular weight excluding hydrogens is 354 g/mol. The van der Waals surface area contributed by atoms with Crippen LogP contribution in [-0.4, -0.2) is 20.1 Å². The summed E-state index contributed by atoms with van der Waals surface area (Å²) in [5, 5.41) is 12.4. The number of hydrogen-bond acceptors (Lipinski definition) is 7. The summed E-state index contributed by atoms with van der Waals surface area (Å²) in [5.41, 5.74) is 12.9. The Balaban J connectivity index is 1.98. The zero-order valence-corrected chi connectivity index (χ0v) is 14.9. The number of H-pyrrole nitrogens is 1. The standard InChI is InChI=1S/C17H15N5O3S/c1-24-9-3-4-11(12(6-9)25-2)21-16(23)14-13(19)10-5-8(7-18)15(20)22-17(10)26-14/h3-6H,19H2,1-2H3,(H2,20,22)(H,21,23)/p+1. The van der Waals surface area contributed by atoms with E-state index in [4.69, 9.17) is 26.2 Å². The minimum Gasteiger partial charge on any atom is -0.497 e. The summed E-state index contributed by atoms with van der Waals surface area (Å²) < 4.78 is 10.4. The molecule has 8 nitrogen and oxygen atoms in total. The SMILES string of the molecule is COc1ccc(NC(=O)c2sc3[nH+]c(N)c(C#N)cc3c2N)c(OC)c1. The molecule has 0 aliphatic heterocycles. The van der Waals surface area contributed by atoms with Crippen molar-refractivity contribution >= 4 is 44.7 Å². The number of nitriles is 1. The molecule has 9 heteroatoms. The second-order valence-corrected chi connectivity index (χ2v) is 6.34. The summed E-state index contributed by atoms with van der Waals surface area (Å²) in [6, 6.07) is 8.60. The van der Waals surface area contributed by atoms with Gasteiger partial charge in [0.2, 0.25) is 0 Å². The minimum atomic E-state index is -0.391. The summed E-state index contributed by atoms with van der Waals surface area (Å²) in [6.45, 7) is 0. The number of fused-ring (bicyclic) bond motifs is 1. The van der Waals surface area contributed by atoms with E-state index in [1.165, 1.54) is 7.11 Å². The van der Waals surface area contributed by atoms with Gasteiger partial charge >= 0.3 is 0 Å². The molecular formula is C17H16N5O3S+. The highest BCUT2D eigenvalue weighted by Crippen LogP contribution is 2.34. The highest BCUT2D eigenvalue weighted by Gasteiger charge is 2.21. The molecule has 0 saturated heterocycles. The van der Waals surface area contributed by atoms with Gasteiger partial charge in [0.1, 0.15) is 28.0 Å². The maximum absolute atomic E-state index is 12.7. The molecule has 2 aromatic heterocycles. The number of nitrogens with one attached hydrogen (secondary N) is 2. The van der Waals surface area contributed by atoms with Crippen LogP contribution in [0.4, 0.5) is 17.2 Å². The molecule has 1 amide bonds. The minimum absolute atomic E-state index is 0.227. The lowest BCUT2D eigenvalue weighted by atomic mass is 10.2. The number of aromatic nitrogens is 1. The van der Waals surface area contributed by atoms with Gasteiger partial charge in [-0.2, -0.15) is 5.26 Å². The van der Waals surface area contributed by atoms with Gasteiger partial charge < -0.3 is 20.5 Å². The van der Waals surface area contributed by atoms with Gasteiger partial charge in [-0.1, -0.05) is 11.3 Å². The molecule has 132 valence electrons. The van der Waals surface area contributed by atoms with Crippen molar-refractivity contribution in [2.75, 3.05) is 31.0 Å². The smallest absolute Gasteiger partial charge is 0.289 e. The molecule has 26 heavy (non-hydrogen) atoms. The van der Waals surface area contributed by atoms with E-state index in [0.717, 1.165) is 11.3 Å². The van der Waals surface area contributed by atoms with Crippen molar-refractivity contribution < 1.29 is 19.3 Å². The molecule has 0 unspecified atom stereocenters. The van der Waals surface area contributed by atoms with Crippen molar-refractivity contribution in [2.24, 2.45) is 0 Å². The molecule has 6 N–H and O–H groups in total. The normalized spacial score (nSPS) is 10.3. The Hall–Kier alpha value is -3.51. The number of hydrogen-bond donors (Lipinski definition) is 3. The van der Waals surface area contributed by atoms with Crippen LogP contribution in [-0.2, 0) is 0 Å². The lowest BCUT2D eigenvalue weighted by Gasteiger charge is -2.11. The van der Waals surface area contributed by atoms with E-state index in [0.29, 0.717) is 32.3 Å². The summed E-state index contributed by atoms with van der Waals surface area (Å²) in [4.78, 5) is 16.5. The Morgan fingerprint density at radius 3 is 2.69 bits per heavy atom. The van der Waals surface area contributed by atoms with Gasteiger partial charge in [-0.05, 0) is 18.2 Å². The predicted octanol–water partition coefficient (Wildman–Crippen LogP) is 2.02. The number of ether oxygens (including phenoxy) is 2. The zero-order chi connectivity index (χ0) is 18.8. The second kappa shape index (κ2) is 6.78. The number of carbonyl (C=O) groups excluding carboxylic acids is 1. The average Bonchev–Trinajstić information content (AvgIpc) is 2.97. The first-order chi connectivity index (χ1) is 12.5. The molecule has 2 heterocycles. The van der Waals surface area contributed by atoms with E-state index in [1.54, 1.807) is 31.4 Å². The molecule has 3 rings (SSSR count). The third-order valence-corrected chi connectivity index (χ3v) is 4.93. The van der Waals surface area contributed by atoms with E-state index >= 15 is 0 Å². The molecule has 0 aliphatic carbocycles. The molecule has 0 fully saturated rings. The van der Waals surface area contributed by atoms with Crippen LogP contribution in [0.25, 0.3) is 10.2 Å². The molecule has 0 bridgehead atoms. The number of anilines is 3. The number of aromatic amines is 1. The van der Waals surface area contributed by atoms with E-state index in [2.05, 4.69) is 10.3 Å². The number of nitrogens with two attached hydrogens (primary N) is 2. The van der Waals surface area contributed by atoms with Gasteiger partial charge in [0, 0.05) is 6.07 Å². The van der Waals surface area contributed by atoms with Crippen LogP contribution in [0.1, 0.15) is 15.2 Å². The number of nitrogen functional groups attached to an aromatic ring is 2. The highest BCUT2D eigenvalue weighted by molar-refractivity contribution is 7.20. The van der Waals surface area contributed by atoms with Crippen molar-refractivity contribution in [2.45, 2.75) is 0 Å². The van der Waals surface area contributed by atoms with Crippen molar-refractivity contribution in [3.63, 3.8) is 0 Å². The number of benzene rings is 1. The monoisotopic (exact) mass is 370 g/mol. The van der Waals surface area contributed by atoms with Crippen molar-refractivity contribution in [3.05, 3.63) is 34.7 Å². The molecule has 0 spiro atoms. The Labute approximate surface area is 153 Å².